The first-order valence-electron chi connectivity index (χ1n) is 6.83. The molecule has 4 nitrogen and oxygen atoms in total. The van der Waals surface area contributed by atoms with Gasteiger partial charge < -0.3 is 9.67 Å². The lowest BCUT2D eigenvalue weighted by Gasteiger charge is -2.16. The Bertz CT molecular complexity index is 601. The number of carboxylic acids is 1. The number of nitrogens with zero attached hydrogens (tertiary/aromatic N) is 2. The minimum absolute atomic E-state index is 0.257. The molecular weight excluding hydrogens is 240 g/mol. The third kappa shape index (κ3) is 2.35. The topological polar surface area (TPSA) is 55.1 Å². The van der Waals surface area contributed by atoms with Crippen LogP contribution in [0.2, 0.25) is 0 Å². The van der Waals surface area contributed by atoms with Gasteiger partial charge in [0.15, 0.2) is 0 Å². The third-order valence-electron chi connectivity index (χ3n) is 3.52. The summed E-state index contributed by atoms with van der Waals surface area (Å²) in [5, 5.41) is 9.36. The first-order chi connectivity index (χ1) is 9.10. The van der Waals surface area contributed by atoms with Crippen LogP contribution in [0.15, 0.2) is 18.2 Å². The van der Waals surface area contributed by atoms with Crippen molar-refractivity contribution in [1.29, 1.82) is 0 Å². The van der Waals surface area contributed by atoms with Crippen LogP contribution in [-0.4, -0.2) is 20.6 Å². The molecule has 102 valence electrons. The number of rotatable bonds is 5. The number of aromatic carboxylic acids is 1. The van der Waals surface area contributed by atoms with Crippen LogP contribution in [0.1, 0.15) is 55.8 Å². The summed E-state index contributed by atoms with van der Waals surface area (Å²) in [6.45, 7) is 6.33. The predicted octanol–water partition coefficient (Wildman–Crippen LogP) is 3.66. The maximum Gasteiger partial charge on any atom is 0.337 e. The molecule has 0 aliphatic heterocycles. The van der Waals surface area contributed by atoms with Crippen molar-refractivity contribution < 1.29 is 9.90 Å². The fraction of sp³-hybridized carbons (Fsp3) is 0.467. The van der Waals surface area contributed by atoms with E-state index in [1.165, 1.54) is 0 Å². The summed E-state index contributed by atoms with van der Waals surface area (Å²) >= 11 is 0. The summed E-state index contributed by atoms with van der Waals surface area (Å²) in [4.78, 5) is 16.0. The highest BCUT2D eigenvalue weighted by Crippen LogP contribution is 2.26. The Labute approximate surface area is 113 Å². The molecule has 19 heavy (non-hydrogen) atoms. The summed E-state index contributed by atoms with van der Waals surface area (Å²) in [6.07, 6.45) is 2.83. The van der Waals surface area contributed by atoms with Crippen LogP contribution in [0.3, 0.4) is 0 Å². The Morgan fingerprint density at radius 3 is 2.74 bits per heavy atom. The summed E-state index contributed by atoms with van der Waals surface area (Å²) in [5.74, 6) is 0.0960. The maximum absolute atomic E-state index is 11.4. The van der Waals surface area contributed by atoms with Crippen molar-refractivity contribution in [3.63, 3.8) is 0 Å². The van der Waals surface area contributed by atoms with Crippen LogP contribution in [0.5, 0.6) is 0 Å². The minimum Gasteiger partial charge on any atom is -0.478 e. The Kier molecular flexibility index (Phi) is 3.88. The molecule has 4 heteroatoms. The third-order valence-corrected chi connectivity index (χ3v) is 3.52. The molecule has 0 bridgehead atoms. The number of aryl methyl sites for hydroxylation is 1. The molecule has 1 atom stereocenters. The highest BCUT2D eigenvalue weighted by Gasteiger charge is 2.19. The fourth-order valence-electron chi connectivity index (χ4n) is 2.43. The van der Waals surface area contributed by atoms with E-state index in [0.717, 1.165) is 36.1 Å². The molecule has 2 aromatic rings. The largest absolute Gasteiger partial charge is 0.478 e. The zero-order chi connectivity index (χ0) is 14.0. The summed E-state index contributed by atoms with van der Waals surface area (Å²) in [6, 6.07) is 5.56. The molecular formula is C15H20N2O2. The average Bonchev–Trinajstić information content (AvgIpc) is 2.75. The van der Waals surface area contributed by atoms with Crippen molar-refractivity contribution in [2.24, 2.45) is 0 Å². The minimum atomic E-state index is -0.891. The molecule has 0 amide bonds. The second-order valence-electron chi connectivity index (χ2n) is 4.88. The molecule has 1 unspecified atom stereocenters. The molecule has 1 aromatic carbocycles. The quantitative estimate of drug-likeness (QED) is 0.892. The number of imidazole rings is 1. The zero-order valence-corrected chi connectivity index (χ0v) is 11.7. The lowest BCUT2D eigenvalue weighted by Crippen LogP contribution is -2.11. The standard InChI is InChI=1S/C15H20N2O2/c1-4-7-13-16-12-9-6-8-11(15(18)19)14(12)17(13)10(3)5-2/h6,8-10H,4-5,7H2,1-3H3,(H,18,19). The molecule has 0 saturated carbocycles. The van der Waals surface area contributed by atoms with Gasteiger partial charge in [0.1, 0.15) is 5.82 Å². The van der Waals surface area contributed by atoms with E-state index in [4.69, 9.17) is 0 Å². The van der Waals surface area contributed by atoms with Crippen molar-refractivity contribution in [3.05, 3.63) is 29.6 Å². The van der Waals surface area contributed by atoms with Crippen molar-refractivity contribution >= 4 is 17.0 Å². The summed E-state index contributed by atoms with van der Waals surface area (Å²) in [7, 11) is 0. The lowest BCUT2D eigenvalue weighted by atomic mass is 10.1. The molecule has 0 spiro atoms. The van der Waals surface area contributed by atoms with Gasteiger partial charge in [-0.3, -0.25) is 0 Å². The fourth-order valence-corrected chi connectivity index (χ4v) is 2.43. The second-order valence-corrected chi connectivity index (χ2v) is 4.88. The maximum atomic E-state index is 11.4. The van der Waals surface area contributed by atoms with Gasteiger partial charge in [0.2, 0.25) is 0 Å². The average molecular weight is 260 g/mol. The first-order valence-corrected chi connectivity index (χ1v) is 6.83. The van der Waals surface area contributed by atoms with E-state index < -0.39 is 5.97 Å². The van der Waals surface area contributed by atoms with Crippen LogP contribution in [-0.2, 0) is 6.42 Å². The first kappa shape index (κ1) is 13.6. The smallest absolute Gasteiger partial charge is 0.337 e. The van der Waals surface area contributed by atoms with Crippen molar-refractivity contribution in [2.75, 3.05) is 0 Å². The molecule has 0 aliphatic carbocycles. The van der Waals surface area contributed by atoms with Gasteiger partial charge >= 0.3 is 5.97 Å². The number of fused-ring (bicyclic) bond motifs is 1. The number of benzene rings is 1. The van der Waals surface area contributed by atoms with Crippen molar-refractivity contribution in [2.45, 2.75) is 46.1 Å². The van der Waals surface area contributed by atoms with E-state index in [1.807, 2.05) is 6.07 Å². The van der Waals surface area contributed by atoms with Crippen LogP contribution in [0, 0.1) is 0 Å². The van der Waals surface area contributed by atoms with Gasteiger partial charge in [-0.25, -0.2) is 9.78 Å². The Morgan fingerprint density at radius 1 is 1.42 bits per heavy atom. The van der Waals surface area contributed by atoms with Crippen LogP contribution >= 0.6 is 0 Å². The molecule has 2 rings (SSSR count). The molecule has 0 saturated heterocycles. The highest BCUT2D eigenvalue weighted by atomic mass is 16.4. The monoisotopic (exact) mass is 260 g/mol. The van der Waals surface area contributed by atoms with E-state index in [1.54, 1.807) is 12.1 Å². The number of carbonyl (C=O) groups is 1. The number of hydrogen-bond donors (Lipinski definition) is 1. The normalized spacial score (nSPS) is 12.8. The molecule has 1 N–H and O–H groups in total. The van der Waals surface area contributed by atoms with Gasteiger partial charge in [-0.2, -0.15) is 0 Å². The van der Waals surface area contributed by atoms with Crippen molar-refractivity contribution in [1.82, 2.24) is 9.55 Å². The van der Waals surface area contributed by atoms with Gasteiger partial charge in [-0.15, -0.1) is 0 Å². The lowest BCUT2D eigenvalue weighted by molar-refractivity contribution is 0.0698. The molecule has 1 aromatic heterocycles. The number of para-hydroxylation sites is 1. The predicted molar refractivity (Wildman–Crippen MR) is 75.7 cm³/mol. The molecule has 0 fully saturated rings. The second kappa shape index (κ2) is 5.43. The van der Waals surface area contributed by atoms with Crippen molar-refractivity contribution in [3.8, 4) is 0 Å². The van der Waals surface area contributed by atoms with Gasteiger partial charge in [0.05, 0.1) is 16.6 Å². The Hall–Kier alpha value is -1.84. The Balaban J connectivity index is 2.77. The van der Waals surface area contributed by atoms with Gasteiger partial charge in [0.25, 0.3) is 0 Å². The van der Waals surface area contributed by atoms with E-state index >= 15 is 0 Å². The van der Waals surface area contributed by atoms with Crippen LogP contribution in [0.4, 0.5) is 0 Å². The number of aromatic nitrogens is 2. The van der Waals surface area contributed by atoms with E-state index in [2.05, 4.69) is 30.3 Å². The van der Waals surface area contributed by atoms with Gasteiger partial charge in [-0.1, -0.05) is 19.9 Å². The summed E-state index contributed by atoms with van der Waals surface area (Å²) < 4.78 is 2.10. The SMILES string of the molecule is CCCc1nc2cccc(C(=O)O)c2n1C(C)CC. The van der Waals surface area contributed by atoms with Crippen LogP contribution in [0.25, 0.3) is 11.0 Å². The molecule has 1 heterocycles. The Morgan fingerprint density at radius 2 is 2.16 bits per heavy atom. The number of carboxylic acid groups (broad SMARTS) is 1. The zero-order valence-electron chi connectivity index (χ0n) is 11.7. The van der Waals surface area contributed by atoms with E-state index in [0.29, 0.717) is 5.56 Å². The molecule has 0 radical (unpaired) electrons. The van der Waals surface area contributed by atoms with Gasteiger partial charge in [0, 0.05) is 12.5 Å². The van der Waals surface area contributed by atoms with E-state index in [-0.39, 0.29) is 6.04 Å². The molecule has 0 aliphatic rings. The summed E-state index contributed by atoms with van der Waals surface area (Å²) in [5.41, 5.74) is 1.88. The van der Waals surface area contributed by atoms with Crippen LogP contribution < -0.4 is 0 Å². The van der Waals surface area contributed by atoms with Gasteiger partial charge in [-0.05, 0) is 31.9 Å². The highest BCUT2D eigenvalue weighted by molar-refractivity contribution is 6.01. The van der Waals surface area contributed by atoms with E-state index in [9.17, 15) is 9.90 Å². The number of hydrogen-bond acceptors (Lipinski definition) is 2.